The Hall–Kier alpha value is -3.75. The Bertz CT molecular complexity index is 1170. The van der Waals surface area contributed by atoms with Crippen LogP contribution in [0.15, 0.2) is 36.8 Å². The van der Waals surface area contributed by atoms with E-state index < -0.39 is 17.7 Å². The summed E-state index contributed by atoms with van der Waals surface area (Å²) >= 11 is 0. The van der Waals surface area contributed by atoms with Crippen LogP contribution < -0.4 is 11.1 Å². The van der Waals surface area contributed by atoms with E-state index in [2.05, 4.69) is 27.4 Å². The quantitative estimate of drug-likeness (QED) is 0.559. The number of anilines is 1. The van der Waals surface area contributed by atoms with Gasteiger partial charge in [0.25, 0.3) is 0 Å². The zero-order valence-corrected chi connectivity index (χ0v) is 17.4. The summed E-state index contributed by atoms with van der Waals surface area (Å²) in [7, 11) is 0. The summed E-state index contributed by atoms with van der Waals surface area (Å²) in [6.45, 7) is 4.55. The molecule has 1 aliphatic rings. The zero-order valence-electron chi connectivity index (χ0n) is 17.4. The summed E-state index contributed by atoms with van der Waals surface area (Å²) in [5.41, 5.74) is 8.64. The van der Waals surface area contributed by atoms with Crippen LogP contribution in [0.25, 0.3) is 10.9 Å². The molecule has 3 aromatic rings. The van der Waals surface area contributed by atoms with Gasteiger partial charge in [-0.15, -0.1) is 0 Å². The standard InChI is InChI=1S/C22H24N6O3/c1-12-3-4-18(14-5-13(2)19-15(6-14)9-25-27-19)28(11-12)22(31)21(30)26-17-7-16(20(23)29)8-24-10-17/h5-10,12,18H,3-4,11H2,1-2H3,(H2,23,29)(H,25,27)(H,26,30). The van der Waals surface area contributed by atoms with Crippen molar-refractivity contribution in [2.75, 3.05) is 11.9 Å². The van der Waals surface area contributed by atoms with Gasteiger partial charge in [0.15, 0.2) is 0 Å². The van der Waals surface area contributed by atoms with E-state index in [4.69, 9.17) is 5.73 Å². The van der Waals surface area contributed by atoms with E-state index in [1.807, 2.05) is 19.1 Å². The first-order valence-electron chi connectivity index (χ1n) is 10.1. The highest BCUT2D eigenvalue weighted by molar-refractivity contribution is 6.39. The van der Waals surface area contributed by atoms with E-state index in [1.54, 1.807) is 11.1 Å². The minimum atomic E-state index is -0.774. The van der Waals surface area contributed by atoms with Gasteiger partial charge in [-0.1, -0.05) is 13.0 Å². The number of fused-ring (bicyclic) bond motifs is 1. The van der Waals surface area contributed by atoms with Gasteiger partial charge in [-0.05, 0) is 48.9 Å². The molecule has 1 aromatic carbocycles. The molecule has 1 fully saturated rings. The van der Waals surface area contributed by atoms with Gasteiger partial charge < -0.3 is 16.0 Å². The van der Waals surface area contributed by atoms with Crippen LogP contribution in [0.3, 0.4) is 0 Å². The Morgan fingerprint density at radius 3 is 2.74 bits per heavy atom. The Morgan fingerprint density at radius 2 is 1.97 bits per heavy atom. The Labute approximate surface area is 179 Å². The molecule has 0 bridgehead atoms. The van der Waals surface area contributed by atoms with Crippen LogP contribution >= 0.6 is 0 Å². The van der Waals surface area contributed by atoms with Crippen molar-refractivity contribution < 1.29 is 14.4 Å². The predicted octanol–water partition coefficient (Wildman–Crippen LogP) is 2.30. The summed E-state index contributed by atoms with van der Waals surface area (Å²) in [6.07, 6.45) is 6.15. The van der Waals surface area contributed by atoms with Crippen LogP contribution in [-0.2, 0) is 9.59 Å². The number of nitrogens with two attached hydrogens (primary N) is 1. The number of benzene rings is 1. The fourth-order valence-corrected chi connectivity index (χ4v) is 4.14. The summed E-state index contributed by atoms with van der Waals surface area (Å²) in [5, 5.41) is 10.6. The van der Waals surface area contributed by atoms with Gasteiger partial charge in [-0.3, -0.25) is 24.5 Å². The number of aromatic amines is 1. The molecule has 0 aliphatic carbocycles. The first kappa shape index (κ1) is 20.5. The van der Waals surface area contributed by atoms with Crippen molar-refractivity contribution in [1.29, 1.82) is 0 Å². The van der Waals surface area contributed by atoms with Crippen LogP contribution in [0.5, 0.6) is 0 Å². The number of H-pyrrole nitrogens is 1. The van der Waals surface area contributed by atoms with Crippen molar-refractivity contribution in [3.05, 3.63) is 53.5 Å². The van der Waals surface area contributed by atoms with E-state index in [-0.39, 0.29) is 23.2 Å². The molecule has 3 amide bonds. The van der Waals surface area contributed by atoms with E-state index in [0.717, 1.165) is 34.9 Å². The molecule has 4 rings (SSSR count). The van der Waals surface area contributed by atoms with Gasteiger partial charge in [0.2, 0.25) is 5.91 Å². The lowest BCUT2D eigenvalue weighted by Gasteiger charge is -2.38. The number of carbonyl (C=O) groups is 3. The van der Waals surface area contributed by atoms with Crippen molar-refractivity contribution in [1.82, 2.24) is 20.1 Å². The molecule has 31 heavy (non-hydrogen) atoms. The first-order valence-corrected chi connectivity index (χ1v) is 10.1. The number of pyridine rings is 1. The van der Waals surface area contributed by atoms with Gasteiger partial charge >= 0.3 is 11.8 Å². The zero-order chi connectivity index (χ0) is 22.1. The number of nitrogens with zero attached hydrogens (tertiary/aromatic N) is 3. The van der Waals surface area contributed by atoms with Crippen molar-refractivity contribution in [3.8, 4) is 0 Å². The van der Waals surface area contributed by atoms with Gasteiger partial charge in [0, 0.05) is 18.1 Å². The number of carbonyl (C=O) groups excluding carboxylic acids is 3. The fraction of sp³-hybridized carbons (Fsp3) is 0.318. The summed E-state index contributed by atoms with van der Waals surface area (Å²) in [5.74, 6) is -1.77. The lowest BCUT2D eigenvalue weighted by atomic mass is 9.88. The normalized spacial score (nSPS) is 18.7. The predicted molar refractivity (Wildman–Crippen MR) is 115 cm³/mol. The SMILES string of the molecule is Cc1cc(C2CCC(C)CN2C(=O)C(=O)Nc2cncc(C(N)=O)c2)cc2cn[nH]c12. The highest BCUT2D eigenvalue weighted by Crippen LogP contribution is 2.35. The number of amides is 3. The number of aromatic nitrogens is 3. The minimum absolute atomic E-state index is 0.151. The number of primary amides is 1. The molecule has 1 saturated heterocycles. The fourth-order valence-electron chi connectivity index (χ4n) is 4.14. The van der Waals surface area contributed by atoms with Crippen LogP contribution in [-0.4, -0.2) is 44.3 Å². The monoisotopic (exact) mass is 420 g/mol. The number of rotatable bonds is 3. The van der Waals surface area contributed by atoms with Gasteiger partial charge in [-0.25, -0.2) is 0 Å². The van der Waals surface area contributed by atoms with Crippen LogP contribution in [0.4, 0.5) is 5.69 Å². The molecule has 160 valence electrons. The summed E-state index contributed by atoms with van der Waals surface area (Å²) < 4.78 is 0. The third-order valence-electron chi connectivity index (χ3n) is 5.71. The Morgan fingerprint density at radius 1 is 1.16 bits per heavy atom. The largest absolute Gasteiger partial charge is 0.366 e. The van der Waals surface area contributed by atoms with Gasteiger partial charge in [0.05, 0.1) is 35.2 Å². The lowest BCUT2D eigenvalue weighted by molar-refractivity contribution is -0.146. The summed E-state index contributed by atoms with van der Waals surface area (Å²) in [6, 6.07) is 5.25. The van der Waals surface area contributed by atoms with Crippen molar-refractivity contribution in [3.63, 3.8) is 0 Å². The third-order valence-corrected chi connectivity index (χ3v) is 5.71. The van der Waals surface area contributed by atoms with Gasteiger partial charge in [-0.2, -0.15) is 5.10 Å². The molecule has 9 nitrogen and oxygen atoms in total. The van der Waals surface area contributed by atoms with E-state index in [9.17, 15) is 14.4 Å². The number of aryl methyl sites for hydroxylation is 1. The second-order valence-electron chi connectivity index (χ2n) is 8.11. The number of hydrogen-bond acceptors (Lipinski definition) is 5. The average molecular weight is 420 g/mol. The second kappa shape index (κ2) is 8.17. The Kier molecular flexibility index (Phi) is 5.41. The second-order valence-corrected chi connectivity index (χ2v) is 8.11. The number of piperidine rings is 1. The number of hydrogen-bond donors (Lipinski definition) is 3. The third kappa shape index (κ3) is 4.11. The Balaban J connectivity index is 1.59. The maximum Gasteiger partial charge on any atom is 0.313 e. The lowest BCUT2D eigenvalue weighted by Crippen LogP contribution is -2.46. The topological polar surface area (TPSA) is 134 Å². The molecule has 2 unspecified atom stereocenters. The maximum absolute atomic E-state index is 13.1. The smallest absolute Gasteiger partial charge is 0.313 e. The molecule has 0 spiro atoms. The highest BCUT2D eigenvalue weighted by atomic mass is 16.2. The molecule has 3 heterocycles. The van der Waals surface area contributed by atoms with E-state index in [1.165, 1.54) is 18.5 Å². The molecular weight excluding hydrogens is 396 g/mol. The maximum atomic E-state index is 13.1. The molecule has 2 aromatic heterocycles. The van der Waals surface area contributed by atoms with Crippen molar-refractivity contribution in [2.24, 2.45) is 11.7 Å². The van der Waals surface area contributed by atoms with E-state index in [0.29, 0.717) is 6.54 Å². The molecule has 1 aliphatic heterocycles. The first-order chi connectivity index (χ1) is 14.8. The average Bonchev–Trinajstić information content (AvgIpc) is 3.22. The van der Waals surface area contributed by atoms with Crippen molar-refractivity contribution in [2.45, 2.75) is 32.7 Å². The number of likely N-dealkylation sites (tertiary alicyclic amines) is 1. The summed E-state index contributed by atoms with van der Waals surface area (Å²) in [4.78, 5) is 42.8. The highest BCUT2D eigenvalue weighted by Gasteiger charge is 2.34. The number of nitrogens with one attached hydrogen (secondary N) is 2. The molecule has 9 heteroatoms. The van der Waals surface area contributed by atoms with Crippen LogP contribution in [0, 0.1) is 12.8 Å². The van der Waals surface area contributed by atoms with Gasteiger partial charge in [0.1, 0.15) is 0 Å². The molecule has 0 saturated carbocycles. The molecule has 4 N–H and O–H groups in total. The van der Waals surface area contributed by atoms with Crippen LogP contribution in [0.2, 0.25) is 0 Å². The van der Waals surface area contributed by atoms with Crippen LogP contribution in [0.1, 0.15) is 47.3 Å². The minimum Gasteiger partial charge on any atom is -0.366 e. The molecular formula is C22H24N6O3. The van der Waals surface area contributed by atoms with E-state index >= 15 is 0 Å². The molecule has 2 atom stereocenters. The molecule has 0 radical (unpaired) electrons. The van der Waals surface area contributed by atoms with Crippen molar-refractivity contribution >= 4 is 34.3 Å².